The van der Waals surface area contributed by atoms with Crippen molar-refractivity contribution in [1.29, 1.82) is 0 Å². The molecule has 0 fully saturated rings. The Kier molecular flexibility index (Phi) is 16.1. The number of carbonyl (C=O) groups is 3. The van der Waals surface area contributed by atoms with Gasteiger partial charge in [-0.3, -0.25) is 9.59 Å². The molecular weight excluding hydrogens is 690 g/mol. The molecule has 3 rings (SSSR count). The van der Waals surface area contributed by atoms with Crippen molar-refractivity contribution in [2.24, 2.45) is 5.73 Å². The van der Waals surface area contributed by atoms with Gasteiger partial charge in [0.2, 0.25) is 5.91 Å². The van der Waals surface area contributed by atoms with E-state index in [2.05, 4.69) is 5.32 Å². The van der Waals surface area contributed by atoms with Gasteiger partial charge >= 0.3 is 11.9 Å². The van der Waals surface area contributed by atoms with E-state index in [0.717, 1.165) is 11.1 Å². The Labute approximate surface area is 285 Å². The van der Waals surface area contributed by atoms with E-state index < -0.39 is 23.5 Å². The van der Waals surface area contributed by atoms with Gasteiger partial charge in [0.25, 0.3) is 0 Å². The van der Waals surface area contributed by atoms with Gasteiger partial charge in [-0.15, -0.1) is 5.75 Å². The van der Waals surface area contributed by atoms with E-state index in [-0.39, 0.29) is 44.3 Å². The van der Waals surface area contributed by atoms with Crippen molar-refractivity contribution in [2.75, 3.05) is 12.3 Å². The second-order valence-electron chi connectivity index (χ2n) is 10.7. The summed E-state index contributed by atoms with van der Waals surface area (Å²) in [4.78, 5) is 35.7. The van der Waals surface area contributed by atoms with E-state index in [1.807, 2.05) is 113 Å². The average molecular weight is 731 g/mol. The number of esters is 2. The molecule has 0 aliphatic rings. The van der Waals surface area contributed by atoms with Gasteiger partial charge in [0.05, 0.1) is 6.54 Å². The predicted molar refractivity (Wildman–Crippen MR) is 174 cm³/mol. The Morgan fingerprint density at radius 3 is 1.91 bits per heavy atom. The largest absolute Gasteiger partial charge is 0.790 e. The van der Waals surface area contributed by atoms with Crippen molar-refractivity contribution in [2.45, 2.75) is 58.8 Å². The van der Waals surface area contributed by atoms with Crippen molar-refractivity contribution in [3.8, 4) is 0 Å². The minimum atomic E-state index is -1.39. The Hall–Kier alpha value is -2.93. The number of carbonyl (C=O) groups excluding carboxylic acids is 3. The summed E-state index contributed by atoms with van der Waals surface area (Å²) >= 11 is 11.9. The third kappa shape index (κ3) is 10.9. The molecule has 0 saturated carbocycles. The summed E-state index contributed by atoms with van der Waals surface area (Å²) in [6, 6.07) is 23.4. The van der Waals surface area contributed by atoms with Gasteiger partial charge in [-0.2, -0.15) is 0 Å². The Balaban J connectivity index is 0.000000947. The smallest absolute Gasteiger partial charge is 0.328 e. The fraction of sp³-hybridized carbons (Fsp3) is 0.324. The maximum Gasteiger partial charge on any atom is 0.328 e. The maximum absolute atomic E-state index is 13.5. The summed E-state index contributed by atoms with van der Waals surface area (Å²) in [5.74, 6) is -1.47. The van der Waals surface area contributed by atoms with Crippen LogP contribution in [0.5, 0.6) is 0 Å². The van der Waals surface area contributed by atoms with Crippen molar-refractivity contribution < 1.29 is 44.3 Å². The second-order valence-corrected chi connectivity index (χ2v) is 11.4. The van der Waals surface area contributed by atoms with Crippen LogP contribution in [0.2, 0.25) is 5.02 Å². The zero-order chi connectivity index (χ0) is 32.2. The fourth-order valence-electron chi connectivity index (χ4n) is 4.28. The van der Waals surface area contributed by atoms with Crippen LogP contribution in [0.25, 0.3) is 5.57 Å². The molecule has 3 aromatic rings. The number of hydrogen-bond acceptors (Lipinski definition) is 7. The minimum absolute atomic E-state index is 0. The van der Waals surface area contributed by atoms with E-state index in [4.69, 9.17) is 39.4 Å². The van der Waals surface area contributed by atoms with Gasteiger partial charge in [0.1, 0.15) is 11.6 Å². The summed E-state index contributed by atoms with van der Waals surface area (Å²) in [5, 5.41) is 2.99. The number of amides is 1. The molecule has 44 heavy (non-hydrogen) atoms. The van der Waals surface area contributed by atoms with Crippen LogP contribution >= 0.6 is 11.6 Å². The Bertz CT molecular complexity index is 1410. The first kappa shape index (κ1) is 39.1. The zero-order valence-corrected chi connectivity index (χ0v) is 28.9. The van der Waals surface area contributed by atoms with Crippen molar-refractivity contribution in [3.63, 3.8) is 0 Å². The first-order valence-corrected chi connectivity index (χ1v) is 14.8. The number of halogens is 1. The summed E-state index contributed by atoms with van der Waals surface area (Å²) in [5.41, 5.74) is 7.85. The third-order valence-corrected chi connectivity index (χ3v) is 6.95. The SMILES string of the molecule is C/C=C(\C)c1ccc(C(OC(=O)C(C[S-])NC(=O)CN)(c2ccccc2)c2ccccc2Cl)cc1.CC(=O)OC(C)(C)C.[Pd]. The molecule has 0 aliphatic carbocycles. The first-order chi connectivity index (χ1) is 20.3. The standard InChI is InChI=1S/C28H29ClN2O3S.C6H12O2.Pd/c1-3-19(2)20-13-15-22(16-14-20)28(21-9-5-4-6-10-21,23-11-7-8-12-24(23)29)34-27(33)25(18-35)31-26(32)17-30;1-5(7)8-6(2,3)4;/h3-16,25,35H,17-18,30H2,1-2H3,(H,31,32);1-4H3;/p-1/b19-3+;;. The fourth-order valence-corrected chi connectivity index (χ4v) is 4.77. The monoisotopic (exact) mass is 729 g/mol. The predicted octanol–water partition coefficient (Wildman–Crippen LogP) is 5.93. The topological polar surface area (TPSA) is 108 Å². The zero-order valence-electron chi connectivity index (χ0n) is 25.8. The molecule has 0 aromatic heterocycles. The van der Waals surface area contributed by atoms with Crippen LogP contribution in [0.15, 0.2) is 84.9 Å². The molecule has 3 N–H and O–H groups in total. The van der Waals surface area contributed by atoms with Crippen LogP contribution in [0.3, 0.4) is 0 Å². The Morgan fingerprint density at radius 2 is 1.45 bits per heavy atom. The van der Waals surface area contributed by atoms with Crippen LogP contribution in [0.1, 0.15) is 63.8 Å². The van der Waals surface area contributed by atoms with Crippen LogP contribution in [0, 0.1) is 0 Å². The second kappa shape index (κ2) is 18.1. The molecule has 0 aliphatic heterocycles. The van der Waals surface area contributed by atoms with Crippen molar-refractivity contribution in [1.82, 2.24) is 5.32 Å². The molecule has 240 valence electrons. The van der Waals surface area contributed by atoms with Gasteiger partial charge < -0.3 is 33.2 Å². The minimum Gasteiger partial charge on any atom is -0.790 e. The van der Waals surface area contributed by atoms with E-state index in [0.29, 0.717) is 21.7 Å². The van der Waals surface area contributed by atoms with Crippen LogP contribution in [-0.2, 0) is 62.5 Å². The van der Waals surface area contributed by atoms with E-state index in [1.165, 1.54) is 6.92 Å². The van der Waals surface area contributed by atoms with Crippen LogP contribution in [-0.4, -0.2) is 41.8 Å². The molecule has 0 radical (unpaired) electrons. The molecule has 7 nitrogen and oxygen atoms in total. The third-order valence-electron chi connectivity index (χ3n) is 6.29. The molecule has 3 aromatic carbocycles. The van der Waals surface area contributed by atoms with Gasteiger partial charge in [-0.1, -0.05) is 90.5 Å². The summed E-state index contributed by atoms with van der Waals surface area (Å²) in [7, 11) is 0. The molecule has 2 unspecified atom stereocenters. The van der Waals surface area contributed by atoms with E-state index >= 15 is 0 Å². The summed E-state index contributed by atoms with van der Waals surface area (Å²) in [6.07, 6.45) is 2.03. The van der Waals surface area contributed by atoms with Gasteiger partial charge in [0.15, 0.2) is 5.60 Å². The maximum atomic E-state index is 13.5. The molecule has 0 saturated heterocycles. The average Bonchev–Trinajstić information content (AvgIpc) is 2.98. The number of benzene rings is 3. The molecule has 0 heterocycles. The quantitative estimate of drug-likeness (QED) is 0.122. The number of ether oxygens (including phenoxy) is 2. The first-order valence-electron chi connectivity index (χ1n) is 13.8. The van der Waals surface area contributed by atoms with Gasteiger partial charge in [0, 0.05) is 49.1 Å². The van der Waals surface area contributed by atoms with Crippen molar-refractivity contribution in [3.05, 3.63) is 112 Å². The number of allylic oxidation sites excluding steroid dienone is 2. The number of nitrogens with one attached hydrogen (secondary N) is 1. The molecule has 1 amide bonds. The molecule has 2 atom stereocenters. The Morgan fingerprint density at radius 1 is 0.909 bits per heavy atom. The summed E-state index contributed by atoms with van der Waals surface area (Å²) in [6.45, 7) is 10.7. The summed E-state index contributed by atoms with van der Waals surface area (Å²) < 4.78 is 11.1. The molecule has 10 heteroatoms. The molecule has 0 bridgehead atoms. The molecule has 0 spiro atoms. The van der Waals surface area contributed by atoms with E-state index in [9.17, 15) is 14.4 Å². The van der Waals surface area contributed by atoms with Gasteiger partial charge in [-0.05, 0) is 51.8 Å². The van der Waals surface area contributed by atoms with Crippen molar-refractivity contribution >= 4 is 47.6 Å². The number of nitrogens with two attached hydrogens (primary N) is 1. The van der Waals surface area contributed by atoms with Crippen LogP contribution in [0.4, 0.5) is 0 Å². The normalized spacial score (nSPS) is 13.2. The van der Waals surface area contributed by atoms with Gasteiger partial charge in [-0.25, -0.2) is 4.79 Å². The van der Waals surface area contributed by atoms with Crippen LogP contribution < -0.4 is 11.1 Å². The number of rotatable bonds is 9. The molecular formula is C34H40ClN2O5PdS-. The number of hydrogen-bond donors (Lipinski definition) is 2. The van der Waals surface area contributed by atoms with E-state index in [1.54, 1.807) is 6.07 Å².